The number of hydrogen-bond donors (Lipinski definition) is 0. The van der Waals surface area contributed by atoms with Crippen molar-refractivity contribution in [1.29, 1.82) is 5.26 Å². The Morgan fingerprint density at radius 2 is 1.97 bits per heavy atom. The summed E-state index contributed by atoms with van der Waals surface area (Å²) in [6, 6.07) is 2.08. The zero-order chi connectivity index (χ0) is 22.7. The van der Waals surface area contributed by atoms with E-state index in [1.54, 1.807) is 16.4 Å². The lowest BCUT2D eigenvalue weighted by Crippen LogP contribution is -2.41. The summed E-state index contributed by atoms with van der Waals surface area (Å²) in [6.07, 6.45) is 2.56. The lowest BCUT2D eigenvalue weighted by atomic mass is 10.0. The Morgan fingerprint density at radius 3 is 2.55 bits per heavy atom. The fourth-order valence-electron chi connectivity index (χ4n) is 3.84. The molecule has 0 aromatic carbocycles. The van der Waals surface area contributed by atoms with E-state index < -0.39 is 0 Å². The fourth-order valence-corrected chi connectivity index (χ4v) is 5.10. The molecule has 3 heterocycles. The second-order valence-corrected chi connectivity index (χ2v) is 9.77. The van der Waals surface area contributed by atoms with Crippen LogP contribution in [0.25, 0.3) is 6.08 Å². The van der Waals surface area contributed by atoms with Gasteiger partial charge in [-0.05, 0) is 30.9 Å². The van der Waals surface area contributed by atoms with Crippen molar-refractivity contribution in [2.24, 2.45) is 5.92 Å². The van der Waals surface area contributed by atoms with Crippen molar-refractivity contribution < 1.29 is 9.53 Å². The van der Waals surface area contributed by atoms with Gasteiger partial charge in [-0.25, -0.2) is 0 Å². The first-order chi connectivity index (χ1) is 14.8. The van der Waals surface area contributed by atoms with Crippen molar-refractivity contribution in [2.45, 2.75) is 40.7 Å². The number of aromatic nitrogens is 1. The maximum absolute atomic E-state index is 13.1. The summed E-state index contributed by atoms with van der Waals surface area (Å²) in [7, 11) is 0. The van der Waals surface area contributed by atoms with E-state index in [9.17, 15) is 14.9 Å². The van der Waals surface area contributed by atoms with Gasteiger partial charge in [-0.3, -0.25) is 19.1 Å². The molecule has 7 nitrogen and oxygen atoms in total. The molecule has 1 aromatic rings. The number of rotatable bonds is 6. The molecule has 0 spiro atoms. The number of nitriles is 1. The first kappa shape index (κ1) is 23.5. The SMILES string of the molecule is CCCn1c(N2CCOCC2)c(/C=C2/SC(=S)N(CC(C)C)C2=O)c(C)c(C#N)c1=O. The smallest absolute Gasteiger partial charge is 0.270 e. The number of carbonyl (C=O) groups is 1. The highest BCUT2D eigenvalue weighted by molar-refractivity contribution is 8.26. The molecule has 0 saturated carbocycles. The van der Waals surface area contributed by atoms with Crippen molar-refractivity contribution in [3.05, 3.63) is 31.9 Å². The molecular formula is C22H28N4O3S2. The normalized spacial score (nSPS) is 18.4. The summed E-state index contributed by atoms with van der Waals surface area (Å²) in [5, 5.41) is 9.69. The first-order valence-electron chi connectivity index (χ1n) is 10.6. The van der Waals surface area contributed by atoms with Crippen LogP contribution in [0, 0.1) is 24.2 Å². The van der Waals surface area contributed by atoms with Gasteiger partial charge in [0.2, 0.25) is 0 Å². The first-order valence-corrected chi connectivity index (χ1v) is 11.8. The van der Waals surface area contributed by atoms with E-state index in [2.05, 4.69) is 11.0 Å². The molecule has 2 aliphatic rings. The number of carbonyl (C=O) groups excluding carboxylic acids is 1. The topological polar surface area (TPSA) is 78.6 Å². The maximum Gasteiger partial charge on any atom is 0.270 e. The van der Waals surface area contributed by atoms with Gasteiger partial charge in [-0.1, -0.05) is 44.8 Å². The number of nitrogens with zero attached hydrogens (tertiary/aromatic N) is 4. The van der Waals surface area contributed by atoms with Gasteiger partial charge in [0.1, 0.15) is 21.8 Å². The molecule has 166 valence electrons. The molecular weight excluding hydrogens is 432 g/mol. The molecule has 3 rings (SSSR count). The van der Waals surface area contributed by atoms with Crippen LogP contribution in [0.5, 0.6) is 0 Å². The molecule has 0 aliphatic carbocycles. The van der Waals surface area contributed by atoms with Crippen molar-refractivity contribution in [1.82, 2.24) is 9.47 Å². The van der Waals surface area contributed by atoms with Crippen LogP contribution in [-0.4, -0.2) is 52.5 Å². The van der Waals surface area contributed by atoms with Crippen molar-refractivity contribution in [3.63, 3.8) is 0 Å². The average molecular weight is 461 g/mol. The number of anilines is 1. The summed E-state index contributed by atoms with van der Waals surface area (Å²) in [4.78, 5) is 30.5. The van der Waals surface area contributed by atoms with Crippen LogP contribution in [0.3, 0.4) is 0 Å². The molecule has 0 N–H and O–H groups in total. The molecule has 0 unspecified atom stereocenters. The largest absolute Gasteiger partial charge is 0.378 e. The van der Waals surface area contributed by atoms with Gasteiger partial charge in [0.05, 0.1) is 18.1 Å². The standard InChI is InChI=1S/C22H28N4O3S2/c1-5-6-25-19(24-7-9-29-10-8-24)16(15(4)17(12-23)20(25)27)11-18-21(28)26(13-14(2)3)22(30)31-18/h11,14H,5-10,13H2,1-4H3/b18-11+. The Balaban J connectivity index is 2.21. The molecule has 1 amide bonds. The monoisotopic (exact) mass is 460 g/mol. The minimum atomic E-state index is -0.284. The second-order valence-electron chi connectivity index (χ2n) is 8.09. The third-order valence-electron chi connectivity index (χ3n) is 5.30. The van der Waals surface area contributed by atoms with Gasteiger partial charge in [0.25, 0.3) is 11.5 Å². The van der Waals surface area contributed by atoms with Gasteiger partial charge >= 0.3 is 0 Å². The van der Waals surface area contributed by atoms with E-state index in [1.807, 2.05) is 26.8 Å². The predicted molar refractivity (Wildman–Crippen MR) is 128 cm³/mol. The molecule has 2 saturated heterocycles. The minimum Gasteiger partial charge on any atom is -0.378 e. The Bertz CT molecular complexity index is 1020. The van der Waals surface area contributed by atoms with Crippen LogP contribution in [0.4, 0.5) is 5.82 Å². The lowest BCUT2D eigenvalue weighted by molar-refractivity contribution is -0.122. The van der Waals surface area contributed by atoms with E-state index in [4.69, 9.17) is 17.0 Å². The number of hydrogen-bond acceptors (Lipinski definition) is 7. The van der Waals surface area contributed by atoms with E-state index in [0.29, 0.717) is 60.1 Å². The number of thiocarbonyl (C=S) groups is 1. The Hall–Kier alpha value is -2.15. The Labute approximate surface area is 192 Å². The molecule has 9 heteroatoms. The lowest BCUT2D eigenvalue weighted by Gasteiger charge is -2.33. The van der Waals surface area contributed by atoms with Crippen LogP contribution in [0.15, 0.2) is 9.70 Å². The number of morpholine rings is 1. The highest BCUT2D eigenvalue weighted by Gasteiger charge is 2.33. The number of thioether (sulfide) groups is 1. The summed E-state index contributed by atoms with van der Waals surface area (Å²) in [6.45, 7) is 11.3. The van der Waals surface area contributed by atoms with Crippen molar-refractivity contribution >= 4 is 46.1 Å². The van der Waals surface area contributed by atoms with Crippen LogP contribution < -0.4 is 10.5 Å². The Morgan fingerprint density at radius 1 is 1.29 bits per heavy atom. The zero-order valence-corrected chi connectivity index (χ0v) is 20.1. The summed E-state index contributed by atoms with van der Waals surface area (Å²) < 4.78 is 7.72. The quantitative estimate of drug-likeness (QED) is 0.477. The fraction of sp³-hybridized carbons (Fsp3) is 0.545. The number of ether oxygens (including phenoxy) is 1. The zero-order valence-electron chi connectivity index (χ0n) is 18.4. The van der Waals surface area contributed by atoms with Crippen LogP contribution in [0.2, 0.25) is 0 Å². The van der Waals surface area contributed by atoms with Crippen LogP contribution >= 0.6 is 24.0 Å². The number of pyridine rings is 1. The molecule has 0 atom stereocenters. The summed E-state index contributed by atoms with van der Waals surface area (Å²) in [5.41, 5.74) is 1.16. The second kappa shape index (κ2) is 9.98. The highest BCUT2D eigenvalue weighted by Crippen LogP contribution is 2.36. The van der Waals surface area contributed by atoms with Crippen LogP contribution in [-0.2, 0) is 16.1 Å². The predicted octanol–water partition coefficient (Wildman–Crippen LogP) is 3.13. The molecule has 31 heavy (non-hydrogen) atoms. The van der Waals surface area contributed by atoms with Crippen molar-refractivity contribution in [3.8, 4) is 6.07 Å². The minimum absolute atomic E-state index is 0.120. The molecule has 2 aliphatic heterocycles. The summed E-state index contributed by atoms with van der Waals surface area (Å²) >= 11 is 6.72. The van der Waals surface area contributed by atoms with Gasteiger partial charge in [-0.15, -0.1) is 0 Å². The van der Waals surface area contributed by atoms with E-state index in [-0.39, 0.29) is 17.0 Å². The van der Waals surface area contributed by atoms with Crippen molar-refractivity contribution in [2.75, 3.05) is 37.7 Å². The van der Waals surface area contributed by atoms with E-state index in [0.717, 1.165) is 17.8 Å². The summed E-state index contributed by atoms with van der Waals surface area (Å²) in [5.74, 6) is 0.924. The van der Waals surface area contributed by atoms with Gasteiger partial charge < -0.3 is 9.64 Å². The van der Waals surface area contributed by atoms with Crippen LogP contribution in [0.1, 0.15) is 43.9 Å². The maximum atomic E-state index is 13.1. The molecule has 1 aromatic heterocycles. The average Bonchev–Trinajstić information content (AvgIpc) is 2.99. The molecule has 0 bridgehead atoms. The third kappa shape index (κ3) is 4.71. The van der Waals surface area contributed by atoms with Gasteiger partial charge in [0, 0.05) is 31.7 Å². The van der Waals surface area contributed by atoms with E-state index >= 15 is 0 Å². The molecule has 2 fully saturated rings. The van der Waals surface area contributed by atoms with E-state index in [1.165, 1.54) is 11.8 Å². The number of amides is 1. The Kier molecular flexibility index (Phi) is 7.57. The highest BCUT2D eigenvalue weighted by atomic mass is 32.2. The molecule has 0 radical (unpaired) electrons. The van der Waals surface area contributed by atoms with Gasteiger partial charge in [-0.2, -0.15) is 5.26 Å². The third-order valence-corrected chi connectivity index (χ3v) is 6.68. The van der Waals surface area contributed by atoms with Gasteiger partial charge in [0.15, 0.2) is 0 Å².